The molecule has 0 fully saturated rings. The molecule has 3 aromatic rings. The third-order valence-corrected chi connectivity index (χ3v) is 4.88. The average Bonchev–Trinajstić information content (AvgIpc) is 2.76. The van der Waals surface area contributed by atoms with Gasteiger partial charge in [0.1, 0.15) is 17.0 Å². The molecule has 0 aliphatic rings. The maximum Gasteiger partial charge on any atom is 0.141 e. The topological polar surface area (TPSA) is 55.0 Å². The fourth-order valence-corrected chi connectivity index (χ4v) is 3.45. The first-order valence-corrected chi connectivity index (χ1v) is 7.64. The summed E-state index contributed by atoms with van der Waals surface area (Å²) in [6.45, 7) is 4.99. The lowest BCUT2D eigenvalue weighted by Gasteiger charge is -2.20. The molecular formula is C16H18N4S. The molecule has 108 valence electrons. The number of hydrogen-bond donors (Lipinski definition) is 1. The van der Waals surface area contributed by atoms with Crippen LogP contribution in [0.5, 0.6) is 0 Å². The second kappa shape index (κ2) is 5.33. The summed E-state index contributed by atoms with van der Waals surface area (Å²) < 4.78 is 0. The molecule has 0 amide bonds. The van der Waals surface area contributed by atoms with E-state index in [1.165, 1.54) is 10.4 Å². The molecule has 0 aliphatic heterocycles. The first-order chi connectivity index (χ1) is 10.1. The van der Waals surface area contributed by atoms with Gasteiger partial charge in [0.05, 0.1) is 5.39 Å². The number of para-hydroxylation sites is 1. The Morgan fingerprint density at radius 1 is 1.19 bits per heavy atom. The molecule has 2 aromatic heterocycles. The zero-order chi connectivity index (χ0) is 15.0. The van der Waals surface area contributed by atoms with Crippen LogP contribution in [-0.4, -0.2) is 17.0 Å². The minimum atomic E-state index is 0.729. The number of nitrogens with zero attached hydrogens (tertiary/aromatic N) is 3. The van der Waals surface area contributed by atoms with Crippen molar-refractivity contribution >= 4 is 33.1 Å². The highest BCUT2D eigenvalue weighted by Crippen LogP contribution is 2.34. The zero-order valence-corrected chi connectivity index (χ0v) is 13.2. The van der Waals surface area contributed by atoms with Crippen LogP contribution in [0.4, 0.5) is 11.5 Å². The molecule has 1 aromatic carbocycles. The van der Waals surface area contributed by atoms with Crippen molar-refractivity contribution in [2.24, 2.45) is 0 Å². The van der Waals surface area contributed by atoms with Gasteiger partial charge in [0.2, 0.25) is 0 Å². The highest BCUT2D eigenvalue weighted by molar-refractivity contribution is 7.18. The summed E-state index contributed by atoms with van der Waals surface area (Å²) in [6.07, 6.45) is 1.64. The van der Waals surface area contributed by atoms with Crippen molar-refractivity contribution in [3.63, 3.8) is 0 Å². The van der Waals surface area contributed by atoms with Crippen molar-refractivity contribution in [2.75, 3.05) is 17.7 Å². The molecule has 0 radical (unpaired) electrons. The van der Waals surface area contributed by atoms with Crippen molar-refractivity contribution < 1.29 is 0 Å². The maximum atomic E-state index is 6.04. The van der Waals surface area contributed by atoms with E-state index in [4.69, 9.17) is 5.73 Å². The molecule has 0 saturated heterocycles. The largest absolute Gasteiger partial charge is 0.398 e. The number of rotatable bonds is 3. The fraction of sp³-hybridized carbons (Fsp3) is 0.250. The number of thiophene rings is 1. The average molecular weight is 298 g/mol. The highest BCUT2D eigenvalue weighted by Gasteiger charge is 2.15. The van der Waals surface area contributed by atoms with Crippen LogP contribution in [0.2, 0.25) is 0 Å². The number of benzene rings is 1. The van der Waals surface area contributed by atoms with E-state index >= 15 is 0 Å². The number of aryl methyl sites for hydroxylation is 2. The number of anilines is 2. The molecule has 0 saturated carbocycles. The summed E-state index contributed by atoms with van der Waals surface area (Å²) in [7, 11) is 2.04. The van der Waals surface area contributed by atoms with Gasteiger partial charge in [-0.05, 0) is 31.0 Å². The quantitative estimate of drug-likeness (QED) is 0.752. The van der Waals surface area contributed by atoms with Crippen LogP contribution < -0.4 is 10.6 Å². The van der Waals surface area contributed by atoms with Gasteiger partial charge in [-0.15, -0.1) is 11.3 Å². The van der Waals surface area contributed by atoms with Crippen LogP contribution in [0.1, 0.15) is 16.0 Å². The van der Waals surface area contributed by atoms with E-state index in [0.29, 0.717) is 0 Å². The summed E-state index contributed by atoms with van der Waals surface area (Å²) >= 11 is 1.72. The molecule has 0 atom stereocenters. The van der Waals surface area contributed by atoms with Crippen molar-refractivity contribution in [2.45, 2.75) is 20.4 Å². The normalized spacial score (nSPS) is 11.0. The Hall–Kier alpha value is -2.14. The van der Waals surface area contributed by atoms with Crippen LogP contribution >= 0.6 is 11.3 Å². The predicted molar refractivity (Wildman–Crippen MR) is 89.9 cm³/mol. The number of hydrogen-bond acceptors (Lipinski definition) is 5. The summed E-state index contributed by atoms with van der Waals surface area (Å²) in [5.41, 5.74) is 9.22. The molecule has 2 heterocycles. The monoisotopic (exact) mass is 298 g/mol. The van der Waals surface area contributed by atoms with Crippen molar-refractivity contribution in [1.29, 1.82) is 0 Å². The van der Waals surface area contributed by atoms with E-state index in [1.54, 1.807) is 17.7 Å². The molecule has 2 N–H and O–H groups in total. The van der Waals surface area contributed by atoms with Gasteiger partial charge in [-0.1, -0.05) is 18.2 Å². The van der Waals surface area contributed by atoms with Crippen molar-refractivity contribution in [1.82, 2.24) is 9.97 Å². The van der Waals surface area contributed by atoms with Gasteiger partial charge in [-0.3, -0.25) is 0 Å². The van der Waals surface area contributed by atoms with Gasteiger partial charge in [0.15, 0.2) is 0 Å². The molecule has 21 heavy (non-hydrogen) atoms. The number of aromatic nitrogens is 2. The van der Waals surface area contributed by atoms with E-state index in [9.17, 15) is 0 Å². The van der Waals surface area contributed by atoms with Gasteiger partial charge in [-0.2, -0.15) is 0 Å². The second-order valence-electron chi connectivity index (χ2n) is 5.22. The summed E-state index contributed by atoms with van der Waals surface area (Å²) in [6, 6.07) is 7.94. The SMILES string of the molecule is Cc1sc2ncnc(N(C)Cc3ccccc3N)c2c1C. The molecule has 5 heteroatoms. The van der Waals surface area contributed by atoms with E-state index < -0.39 is 0 Å². The van der Waals surface area contributed by atoms with Gasteiger partial charge >= 0.3 is 0 Å². The lowest BCUT2D eigenvalue weighted by Crippen LogP contribution is -2.19. The molecule has 3 rings (SSSR count). The van der Waals surface area contributed by atoms with Crippen LogP contribution in [0, 0.1) is 13.8 Å². The van der Waals surface area contributed by atoms with E-state index in [1.807, 2.05) is 25.2 Å². The van der Waals surface area contributed by atoms with Crippen LogP contribution in [0.3, 0.4) is 0 Å². The molecule has 4 nitrogen and oxygen atoms in total. The van der Waals surface area contributed by atoms with Gasteiger partial charge < -0.3 is 10.6 Å². The molecule has 0 aliphatic carbocycles. The van der Waals surface area contributed by atoms with E-state index in [0.717, 1.165) is 33.8 Å². The highest BCUT2D eigenvalue weighted by atomic mass is 32.1. The Morgan fingerprint density at radius 2 is 1.95 bits per heavy atom. The number of nitrogen functional groups attached to an aromatic ring is 1. The minimum Gasteiger partial charge on any atom is -0.398 e. The van der Waals surface area contributed by atoms with Gasteiger partial charge in [-0.25, -0.2) is 9.97 Å². The lowest BCUT2D eigenvalue weighted by atomic mass is 10.1. The minimum absolute atomic E-state index is 0.729. The van der Waals surface area contributed by atoms with Gasteiger partial charge in [0, 0.05) is 24.2 Å². The first kappa shape index (κ1) is 13.8. The van der Waals surface area contributed by atoms with Crippen LogP contribution in [-0.2, 0) is 6.54 Å². The smallest absolute Gasteiger partial charge is 0.141 e. The van der Waals surface area contributed by atoms with Crippen LogP contribution in [0.15, 0.2) is 30.6 Å². The van der Waals surface area contributed by atoms with Crippen molar-refractivity contribution in [3.05, 3.63) is 46.6 Å². The Morgan fingerprint density at radius 3 is 2.71 bits per heavy atom. The summed E-state index contributed by atoms with van der Waals surface area (Å²) in [4.78, 5) is 13.3. The standard InChI is InChI=1S/C16H18N4S/c1-10-11(2)21-16-14(10)15(18-9-19-16)20(3)8-12-6-4-5-7-13(12)17/h4-7,9H,8,17H2,1-3H3. The maximum absolute atomic E-state index is 6.04. The molecule has 0 spiro atoms. The van der Waals surface area contributed by atoms with Crippen molar-refractivity contribution in [3.8, 4) is 0 Å². The molecule has 0 unspecified atom stereocenters. The lowest BCUT2D eigenvalue weighted by molar-refractivity contribution is 0.902. The molecule has 0 bridgehead atoms. The number of nitrogens with two attached hydrogens (primary N) is 1. The van der Waals surface area contributed by atoms with E-state index in [-0.39, 0.29) is 0 Å². The summed E-state index contributed by atoms with van der Waals surface area (Å²) in [5, 5.41) is 1.15. The Bertz CT molecular complexity index is 794. The summed E-state index contributed by atoms with van der Waals surface area (Å²) in [5.74, 6) is 0.963. The zero-order valence-electron chi connectivity index (χ0n) is 12.4. The second-order valence-corrected chi connectivity index (χ2v) is 6.42. The Kier molecular flexibility index (Phi) is 3.51. The van der Waals surface area contributed by atoms with E-state index in [2.05, 4.69) is 34.8 Å². The first-order valence-electron chi connectivity index (χ1n) is 6.83. The van der Waals surface area contributed by atoms with Gasteiger partial charge in [0.25, 0.3) is 0 Å². The number of fused-ring (bicyclic) bond motifs is 1. The Balaban J connectivity index is 2.02. The third kappa shape index (κ3) is 2.45. The Labute approximate surface area is 128 Å². The predicted octanol–water partition coefficient (Wildman–Crippen LogP) is 3.53. The third-order valence-electron chi connectivity index (χ3n) is 3.77. The fourth-order valence-electron chi connectivity index (χ4n) is 2.46. The van der Waals surface area contributed by atoms with Crippen LogP contribution in [0.25, 0.3) is 10.2 Å². The molecular weight excluding hydrogens is 280 g/mol.